The minimum Gasteiger partial charge on any atom is -0.382 e. The number of nitrogens with one attached hydrogen (secondary N) is 1. The molecule has 0 bridgehead atoms. The summed E-state index contributed by atoms with van der Waals surface area (Å²) in [6.45, 7) is -0.451. The Bertz CT molecular complexity index is 1320. The van der Waals surface area contributed by atoms with Gasteiger partial charge >= 0.3 is 6.55 Å². The zero-order chi connectivity index (χ0) is 22.9. The van der Waals surface area contributed by atoms with Crippen LogP contribution in [0.25, 0.3) is 16.9 Å². The first kappa shape index (κ1) is 21.1. The molecule has 0 unspecified atom stereocenters. The monoisotopic (exact) mass is 446 g/mol. The van der Waals surface area contributed by atoms with Crippen molar-refractivity contribution in [2.75, 3.05) is 5.32 Å². The molecule has 1 aliphatic rings. The van der Waals surface area contributed by atoms with Crippen LogP contribution in [0.15, 0.2) is 55.1 Å². The fraction of sp³-hybridized carbons (Fsp3) is 0.320. The molecule has 4 heterocycles. The van der Waals surface area contributed by atoms with E-state index in [9.17, 15) is 8.78 Å². The van der Waals surface area contributed by atoms with Crippen molar-refractivity contribution in [3.8, 4) is 17.5 Å². The number of rotatable bonds is 5. The number of pyridine rings is 1. The molecule has 0 radical (unpaired) electrons. The van der Waals surface area contributed by atoms with E-state index in [2.05, 4.69) is 21.5 Å². The highest BCUT2D eigenvalue weighted by atomic mass is 19.3. The van der Waals surface area contributed by atoms with Crippen molar-refractivity contribution in [3.05, 3.63) is 71.8 Å². The fourth-order valence-corrected chi connectivity index (χ4v) is 4.66. The molecule has 8 heteroatoms. The number of hydrogen-bond acceptors (Lipinski definition) is 4. The van der Waals surface area contributed by atoms with E-state index in [1.165, 1.54) is 6.20 Å². The van der Waals surface area contributed by atoms with Crippen LogP contribution < -0.4 is 5.32 Å². The summed E-state index contributed by atoms with van der Waals surface area (Å²) in [6.07, 6.45) is 10.4. The number of halogens is 2. The van der Waals surface area contributed by atoms with E-state index >= 15 is 0 Å². The average molecular weight is 447 g/mol. The number of alkyl halides is 2. The van der Waals surface area contributed by atoms with E-state index in [-0.39, 0.29) is 0 Å². The van der Waals surface area contributed by atoms with Crippen molar-refractivity contribution in [3.63, 3.8) is 0 Å². The minimum atomic E-state index is -2.48. The highest BCUT2D eigenvalue weighted by molar-refractivity contribution is 5.68. The van der Waals surface area contributed by atoms with Gasteiger partial charge in [-0.1, -0.05) is 0 Å². The van der Waals surface area contributed by atoms with Crippen LogP contribution in [0.3, 0.4) is 0 Å². The number of anilines is 1. The molecule has 0 amide bonds. The molecule has 0 aliphatic heterocycles. The molecule has 1 saturated carbocycles. The lowest BCUT2D eigenvalue weighted by atomic mass is 9.82. The third-order valence-electron chi connectivity index (χ3n) is 6.52. The maximum Gasteiger partial charge on any atom is 0.318 e. The maximum absolute atomic E-state index is 12.9. The van der Waals surface area contributed by atoms with Gasteiger partial charge in [0.1, 0.15) is 6.07 Å². The van der Waals surface area contributed by atoms with Gasteiger partial charge < -0.3 is 5.32 Å². The molecular formula is C25H24F2N6. The summed E-state index contributed by atoms with van der Waals surface area (Å²) >= 11 is 0. The van der Waals surface area contributed by atoms with Crippen molar-refractivity contribution in [2.24, 2.45) is 0 Å². The summed E-state index contributed by atoms with van der Waals surface area (Å²) < 4.78 is 28.5. The Balaban J connectivity index is 1.30. The molecule has 0 aromatic carbocycles. The van der Waals surface area contributed by atoms with Gasteiger partial charge in [-0.05, 0) is 80.0 Å². The normalized spacial score (nSPS) is 18.5. The largest absolute Gasteiger partial charge is 0.382 e. The molecule has 4 aromatic rings. The summed E-state index contributed by atoms with van der Waals surface area (Å²) in [6, 6.07) is 12.0. The van der Waals surface area contributed by atoms with Crippen molar-refractivity contribution in [1.82, 2.24) is 19.2 Å². The Kier molecular flexibility index (Phi) is 5.55. The summed E-state index contributed by atoms with van der Waals surface area (Å²) in [7, 11) is 0. The topological polar surface area (TPSA) is 70.9 Å². The first-order valence-corrected chi connectivity index (χ1v) is 11.1. The average Bonchev–Trinajstić information content (AvgIpc) is 3.48. The van der Waals surface area contributed by atoms with Gasteiger partial charge in [-0.25, -0.2) is 4.52 Å². The molecule has 0 atom stereocenters. The molecule has 5 rings (SSSR count). The number of nitrogens with zero attached hydrogens (tertiary/aromatic N) is 5. The van der Waals surface area contributed by atoms with Gasteiger partial charge in [-0.2, -0.15) is 19.1 Å². The Hall–Kier alpha value is -3.73. The van der Waals surface area contributed by atoms with Gasteiger partial charge in [0.15, 0.2) is 0 Å². The quantitative estimate of drug-likeness (QED) is 0.414. The van der Waals surface area contributed by atoms with Gasteiger partial charge in [-0.3, -0.25) is 9.55 Å². The van der Waals surface area contributed by atoms with E-state index in [4.69, 9.17) is 5.26 Å². The van der Waals surface area contributed by atoms with Gasteiger partial charge in [0.2, 0.25) is 0 Å². The minimum absolute atomic E-state index is 0.327. The van der Waals surface area contributed by atoms with E-state index in [1.807, 2.05) is 37.4 Å². The number of hydrogen-bond donors (Lipinski definition) is 1. The van der Waals surface area contributed by atoms with Crippen molar-refractivity contribution in [1.29, 1.82) is 5.26 Å². The van der Waals surface area contributed by atoms with Crippen LogP contribution in [0.5, 0.6) is 0 Å². The van der Waals surface area contributed by atoms with Crippen LogP contribution in [0.2, 0.25) is 0 Å². The zero-order valence-electron chi connectivity index (χ0n) is 18.2. The summed E-state index contributed by atoms with van der Waals surface area (Å²) in [5, 5.41) is 17.2. The molecule has 1 aliphatic carbocycles. The van der Waals surface area contributed by atoms with Crippen molar-refractivity contribution < 1.29 is 8.78 Å². The molecule has 0 saturated heterocycles. The molecule has 1 N–H and O–H groups in total. The van der Waals surface area contributed by atoms with Crippen molar-refractivity contribution in [2.45, 2.75) is 51.1 Å². The summed E-state index contributed by atoms with van der Waals surface area (Å²) in [5.74, 6) is 0.327. The molecule has 168 valence electrons. The van der Waals surface area contributed by atoms with E-state index in [1.54, 1.807) is 23.0 Å². The van der Waals surface area contributed by atoms with Crippen LogP contribution in [0.1, 0.15) is 54.8 Å². The van der Waals surface area contributed by atoms with Gasteiger partial charge in [-0.15, -0.1) is 0 Å². The highest BCUT2D eigenvalue weighted by Crippen LogP contribution is 2.35. The van der Waals surface area contributed by atoms with Gasteiger partial charge in [0, 0.05) is 30.3 Å². The second kappa shape index (κ2) is 8.66. The van der Waals surface area contributed by atoms with E-state index in [0.29, 0.717) is 17.5 Å². The SMILES string of the molecule is Cc1cnc(-c2ccc3cc(C#N)cnn23)cc1NC1CCC(c2ccn(C(F)F)c2)CC1. The number of aromatic nitrogens is 4. The molecule has 6 nitrogen and oxygen atoms in total. The number of fused-ring (bicyclic) bond motifs is 1. The molecule has 4 aromatic heterocycles. The van der Waals surface area contributed by atoms with E-state index < -0.39 is 6.55 Å². The summed E-state index contributed by atoms with van der Waals surface area (Å²) in [4.78, 5) is 4.61. The Morgan fingerprint density at radius 1 is 1.12 bits per heavy atom. The third kappa shape index (κ3) is 4.19. The lowest BCUT2D eigenvalue weighted by Gasteiger charge is -2.30. The van der Waals surface area contributed by atoms with Crippen molar-refractivity contribution >= 4 is 11.2 Å². The highest BCUT2D eigenvalue weighted by Gasteiger charge is 2.24. The smallest absolute Gasteiger partial charge is 0.318 e. The maximum atomic E-state index is 12.9. The van der Waals surface area contributed by atoms with E-state index in [0.717, 1.165) is 64.0 Å². The van der Waals surface area contributed by atoms with Gasteiger partial charge in [0.25, 0.3) is 0 Å². The second-order valence-corrected chi connectivity index (χ2v) is 8.66. The predicted octanol–water partition coefficient (Wildman–Crippen LogP) is 5.91. The molecule has 33 heavy (non-hydrogen) atoms. The molecule has 0 spiro atoms. The fourth-order valence-electron chi connectivity index (χ4n) is 4.66. The van der Waals surface area contributed by atoms with Crippen LogP contribution in [0.4, 0.5) is 14.5 Å². The zero-order valence-corrected chi connectivity index (χ0v) is 18.2. The summed E-state index contributed by atoms with van der Waals surface area (Å²) in [5.41, 5.74) is 6.15. The van der Waals surface area contributed by atoms with Crippen LogP contribution >= 0.6 is 0 Å². The third-order valence-corrected chi connectivity index (χ3v) is 6.52. The first-order chi connectivity index (χ1) is 16.0. The Morgan fingerprint density at radius 2 is 1.94 bits per heavy atom. The lowest BCUT2D eigenvalue weighted by molar-refractivity contribution is 0.0705. The van der Waals surface area contributed by atoms with Crippen LogP contribution in [0, 0.1) is 18.3 Å². The van der Waals surface area contributed by atoms with Crippen LogP contribution in [-0.2, 0) is 0 Å². The Morgan fingerprint density at radius 3 is 2.67 bits per heavy atom. The predicted molar refractivity (Wildman–Crippen MR) is 122 cm³/mol. The Labute approximate surface area is 190 Å². The standard InChI is InChI=1S/C25H24F2N6/c1-16-13-29-23(24-7-6-21-10-17(12-28)14-30-33(21)24)11-22(16)31-20-4-2-18(3-5-20)19-8-9-32(15-19)25(26)27/h6-11,13-15,18,20,25H,2-5H2,1H3,(H,29,31). The number of aryl methyl sites for hydroxylation is 1. The second-order valence-electron chi connectivity index (χ2n) is 8.66. The lowest BCUT2D eigenvalue weighted by Crippen LogP contribution is -2.25. The number of nitriles is 1. The van der Waals surface area contributed by atoms with Gasteiger partial charge in [0.05, 0.1) is 28.7 Å². The van der Waals surface area contributed by atoms with Crippen LogP contribution in [-0.4, -0.2) is 25.2 Å². The first-order valence-electron chi connectivity index (χ1n) is 11.1. The molecule has 1 fully saturated rings. The molecular weight excluding hydrogens is 422 g/mol.